The van der Waals surface area contributed by atoms with E-state index in [1.165, 1.54) is 11.8 Å². The Bertz CT molecular complexity index is 952. The van der Waals surface area contributed by atoms with Crippen molar-refractivity contribution in [1.82, 2.24) is 14.9 Å². The minimum Gasteiger partial charge on any atom is -0.341 e. The lowest BCUT2D eigenvalue weighted by atomic mass is 10.3. The smallest absolute Gasteiger partial charge is 0.318 e. The molecule has 0 spiro atoms. The van der Waals surface area contributed by atoms with Crippen molar-refractivity contribution < 1.29 is 9.59 Å². The van der Waals surface area contributed by atoms with Gasteiger partial charge in [0.25, 0.3) is 0 Å². The summed E-state index contributed by atoms with van der Waals surface area (Å²) in [5.74, 6) is 0.156. The third kappa shape index (κ3) is 4.59. The van der Waals surface area contributed by atoms with E-state index in [1.54, 1.807) is 31.3 Å². The molecular formula is C19H21N5O2S. The summed E-state index contributed by atoms with van der Waals surface area (Å²) in [5, 5.41) is 8.83. The molecule has 3 amide bonds. The Morgan fingerprint density at radius 3 is 2.37 bits per heavy atom. The number of fused-ring (bicyclic) bond motifs is 1. The Balaban J connectivity index is 1.59. The molecule has 8 heteroatoms. The highest BCUT2D eigenvalue weighted by atomic mass is 32.2. The number of thioether (sulfide) groups is 1. The average Bonchev–Trinajstić information content (AvgIpc) is 3.05. The molecule has 0 aliphatic rings. The number of nitrogens with one attached hydrogen (secondary N) is 3. The molecule has 27 heavy (non-hydrogen) atoms. The topological polar surface area (TPSA) is 88.0 Å². The zero-order valence-electron chi connectivity index (χ0n) is 15.2. The van der Waals surface area contributed by atoms with E-state index in [4.69, 9.17) is 0 Å². The number of aryl methyl sites for hydroxylation is 1. The molecule has 0 aliphatic carbocycles. The molecule has 0 fully saturated rings. The van der Waals surface area contributed by atoms with Crippen molar-refractivity contribution in [2.45, 2.75) is 18.6 Å². The van der Waals surface area contributed by atoms with Crippen molar-refractivity contribution in [2.75, 3.05) is 23.4 Å². The van der Waals surface area contributed by atoms with Gasteiger partial charge >= 0.3 is 6.03 Å². The van der Waals surface area contributed by atoms with Crippen LogP contribution in [0.15, 0.2) is 53.7 Å². The number of imidazole rings is 1. The number of hydrogen-bond donors (Lipinski definition) is 3. The van der Waals surface area contributed by atoms with Gasteiger partial charge in [0, 0.05) is 25.0 Å². The van der Waals surface area contributed by atoms with E-state index < -0.39 is 0 Å². The second-order valence-corrected chi connectivity index (χ2v) is 6.69. The first-order chi connectivity index (χ1) is 13.1. The second kappa shape index (κ2) is 8.59. The number of urea groups is 1. The van der Waals surface area contributed by atoms with Crippen LogP contribution in [-0.4, -0.2) is 34.3 Å². The molecule has 1 aromatic heterocycles. The number of rotatable bonds is 6. The van der Waals surface area contributed by atoms with E-state index in [1.807, 2.05) is 24.3 Å². The van der Waals surface area contributed by atoms with E-state index in [-0.39, 0.29) is 17.7 Å². The number of aromatic nitrogens is 2. The van der Waals surface area contributed by atoms with Crippen LogP contribution < -0.4 is 16.0 Å². The van der Waals surface area contributed by atoms with Crippen molar-refractivity contribution in [3.63, 3.8) is 0 Å². The third-order valence-corrected chi connectivity index (χ3v) is 4.90. The van der Waals surface area contributed by atoms with Crippen LogP contribution in [0.4, 0.5) is 16.2 Å². The van der Waals surface area contributed by atoms with Crippen molar-refractivity contribution in [3.05, 3.63) is 48.5 Å². The standard InChI is InChI=1S/C19H21N5O2S/c1-3-24-16-7-5-4-6-15(16)23-19(24)27-12-17(25)21-13-8-10-14(11-9-13)22-18(26)20-2/h4-11H,3,12H2,1-2H3,(H,21,25)(H2,20,22,26). The van der Waals surface area contributed by atoms with Gasteiger partial charge in [0.2, 0.25) is 5.91 Å². The van der Waals surface area contributed by atoms with E-state index >= 15 is 0 Å². The number of amides is 3. The first-order valence-electron chi connectivity index (χ1n) is 8.57. The Labute approximate surface area is 161 Å². The quantitative estimate of drug-likeness (QED) is 0.568. The molecule has 3 N–H and O–H groups in total. The molecule has 0 saturated carbocycles. The minimum atomic E-state index is -0.290. The summed E-state index contributed by atoms with van der Waals surface area (Å²) in [6.07, 6.45) is 0. The Morgan fingerprint density at radius 2 is 1.70 bits per heavy atom. The fraction of sp³-hybridized carbons (Fsp3) is 0.211. The van der Waals surface area contributed by atoms with Crippen molar-refractivity contribution in [3.8, 4) is 0 Å². The van der Waals surface area contributed by atoms with Gasteiger partial charge in [-0.1, -0.05) is 23.9 Å². The van der Waals surface area contributed by atoms with Crippen molar-refractivity contribution in [1.29, 1.82) is 0 Å². The number of benzene rings is 2. The van der Waals surface area contributed by atoms with Gasteiger partial charge in [0.05, 0.1) is 16.8 Å². The highest BCUT2D eigenvalue weighted by molar-refractivity contribution is 7.99. The third-order valence-electron chi connectivity index (χ3n) is 3.92. The van der Waals surface area contributed by atoms with E-state index in [2.05, 4.69) is 32.4 Å². The molecule has 3 rings (SSSR count). The molecule has 0 unspecified atom stereocenters. The number of para-hydroxylation sites is 2. The van der Waals surface area contributed by atoms with Crippen LogP contribution in [0.25, 0.3) is 11.0 Å². The van der Waals surface area contributed by atoms with Crippen LogP contribution in [0, 0.1) is 0 Å². The SMILES string of the molecule is CCn1c(SCC(=O)Nc2ccc(NC(=O)NC)cc2)nc2ccccc21. The zero-order chi connectivity index (χ0) is 19.2. The first kappa shape index (κ1) is 18.8. The molecule has 7 nitrogen and oxygen atoms in total. The lowest BCUT2D eigenvalue weighted by molar-refractivity contribution is -0.113. The lowest BCUT2D eigenvalue weighted by Crippen LogP contribution is -2.24. The lowest BCUT2D eigenvalue weighted by Gasteiger charge is -2.08. The zero-order valence-corrected chi connectivity index (χ0v) is 16.0. The molecule has 140 valence electrons. The number of hydrogen-bond acceptors (Lipinski definition) is 4. The predicted octanol–water partition coefficient (Wildman–Crippen LogP) is 3.54. The number of anilines is 2. The highest BCUT2D eigenvalue weighted by Crippen LogP contribution is 2.24. The first-order valence-corrected chi connectivity index (χ1v) is 9.56. The summed E-state index contributed by atoms with van der Waals surface area (Å²) in [4.78, 5) is 28.1. The summed E-state index contributed by atoms with van der Waals surface area (Å²) in [5.41, 5.74) is 3.33. The van der Waals surface area contributed by atoms with E-state index in [0.29, 0.717) is 11.4 Å². The maximum atomic E-state index is 12.3. The molecule has 3 aromatic rings. The Morgan fingerprint density at radius 1 is 1.04 bits per heavy atom. The van der Waals surface area contributed by atoms with Gasteiger partial charge in [-0.3, -0.25) is 4.79 Å². The predicted molar refractivity (Wildman–Crippen MR) is 109 cm³/mol. The van der Waals surface area contributed by atoms with Gasteiger partial charge in [-0.05, 0) is 43.3 Å². The fourth-order valence-electron chi connectivity index (χ4n) is 2.63. The van der Waals surface area contributed by atoms with Crippen LogP contribution in [0.5, 0.6) is 0 Å². The maximum absolute atomic E-state index is 12.3. The number of carbonyl (C=O) groups excluding carboxylic acids is 2. The summed E-state index contributed by atoms with van der Waals surface area (Å²) in [6, 6.07) is 14.6. The summed E-state index contributed by atoms with van der Waals surface area (Å²) >= 11 is 1.41. The molecule has 1 heterocycles. The molecular weight excluding hydrogens is 362 g/mol. The normalized spacial score (nSPS) is 10.6. The fourth-order valence-corrected chi connectivity index (χ4v) is 3.51. The summed E-state index contributed by atoms with van der Waals surface area (Å²) < 4.78 is 2.10. The van der Waals surface area contributed by atoms with Gasteiger partial charge in [0.1, 0.15) is 0 Å². The van der Waals surface area contributed by atoms with Crippen molar-refractivity contribution >= 4 is 46.1 Å². The van der Waals surface area contributed by atoms with Gasteiger partial charge in [-0.25, -0.2) is 9.78 Å². The van der Waals surface area contributed by atoms with Crippen molar-refractivity contribution in [2.24, 2.45) is 0 Å². The summed E-state index contributed by atoms with van der Waals surface area (Å²) in [6.45, 7) is 2.86. The maximum Gasteiger partial charge on any atom is 0.318 e. The van der Waals surface area contributed by atoms with Gasteiger partial charge < -0.3 is 20.5 Å². The molecule has 0 atom stereocenters. The largest absolute Gasteiger partial charge is 0.341 e. The van der Waals surface area contributed by atoms with Gasteiger partial charge in [-0.15, -0.1) is 0 Å². The average molecular weight is 383 g/mol. The van der Waals surface area contributed by atoms with Crippen LogP contribution in [0.3, 0.4) is 0 Å². The molecule has 0 bridgehead atoms. The molecule has 0 saturated heterocycles. The molecule has 2 aromatic carbocycles. The Hall–Kier alpha value is -3.00. The summed E-state index contributed by atoms with van der Waals surface area (Å²) in [7, 11) is 1.55. The highest BCUT2D eigenvalue weighted by Gasteiger charge is 2.12. The monoisotopic (exact) mass is 383 g/mol. The molecule has 0 radical (unpaired) electrons. The van der Waals surface area contributed by atoms with Crippen LogP contribution in [0.1, 0.15) is 6.92 Å². The van der Waals surface area contributed by atoms with Crippen LogP contribution in [-0.2, 0) is 11.3 Å². The second-order valence-electron chi connectivity index (χ2n) is 5.75. The Kier molecular flexibility index (Phi) is 5.97. The number of carbonyl (C=O) groups is 2. The van der Waals surface area contributed by atoms with E-state index in [9.17, 15) is 9.59 Å². The van der Waals surface area contributed by atoms with Gasteiger partial charge in [0.15, 0.2) is 5.16 Å². The van der Waals surface area contributed by atoms with Crippen LogP contribution in [0.2, 0.25) is 0 Å². The van der Waals surface area contributed by atoms with E-state index in [0.717, 1.165) is 22.7 Å². The molecule has 0 aliphatic heterocycles. The van der Waals surface area contributed by atoms with Crippen LogP contribution >= 0.6 is 11.8 Å². The minimum absolute atomic E-state index is 0.110. The van der Waals surface area contributed by atoms with Gasteiger partial charge in [-0.2, -0.15) is 0 Å². The number of nitrogens with zero attached hydrogens (tertiary/aromatic N) is 2.